The van der Waals surface area contributed by atoms with Gasteiger partial charge >= 0.3 is 0 Å². The van der Waals surface area contributed by atoms with E-state index in [9.17, 15) is 0 Å². The minimum Gasteiger partial charge on any atom is -0.390 e. The first-order valence-corrected chi connectivity index (χ1v) is 4.38. The average Bonchev–Trinajstić information content (AvgIpc) is 2.76. The molecule has 5 heteroatoms. The molecular weight excluding hydrogens is 180 g/mol. The summed E-state index contributed by atoms with van der Waals surface area (Å²) < 4.78 is 3.63. The second kappa shape index (κ2) is 3.63. The summed E-state index contributed by atoms with van der Waals surface area (Å²) in [7, 11) is 1.88. The molecule has 14 heavy (non-hydrogen) atoms. The Morgan fingerprint density at radius 1 is 1.50 bits per heavy atom. The summed E-state index contributed by atoms with van der Waals surface area (Å²) in [6.45, 7) is 0.656. The van der Waals surface area contributed by atoms with E-state index in [2.05, 4.69) is 10.1 Å². The van der Waals surface area contributed by atoms with Crippen LogP contribution in [0.15, 0.2) is 24.8 Å². The van der Waals surface area contributed by atoms with Gasteiger partial charge in [-0.15, -0.1) is 0 Å². The van der Waals surface area contributed by atoms with E-state index in [1.165, 1.54) is 0 Å². The Kier molecular flexibility index (Phi) is 2.32. The van der Waals surface area contributed by atoms with E-state index in [1.807, 2.05) is 23.9 Å². The van der Waals surface area contributed by atoms with Crippen molar-refractivity contribution in [3.8, 4) is 0 Å². The Morgan fingerprint density at radius 2 is 2.36 bits per heavy atom. The fourth-order valence-electron chi connectivity index (χ4n) is 1.34. The third-order valence-electron chi connectivity index (χ3n) is 2.06. The topological polar surface area (TPSA) is 55.9 Å². The molecule has 0 radical (unpaired) electrons. The maximum absolute atomic E-state index is 9.00. The normalized spacial score (nSPS) is 10.7. The molecule has 0 atom stereocenters. The number of nitrogens with zero attached hydrogens (tertiary/aromatic N) is 4. The highest BCUT2D eigenvalue weighted by Crippen LogP contribution is 2.03. The number of aliphatic hydroxyl groups is 1. The van der Waals surface area contributed by atoms with Crippen LogP contribution >= 0.6 is 0 Å². The molecule has 0 bridgehead atoms. The van der Waals surface area contributed by atoms with E-state index < -0.39 is 0 Å². The third-order valence-corrected chi connectivity index (χ3v) is 2.06. The lowest BCUT2D eigenvalue weighted by molar-refractivity contribution is 0.271. The van der Waals surface area contributed by atoms with Gasteiger partial charge in [0.2, 0.25) is 0 Å². The van der Waals surface area contributed by atoms with E-state index in [1.54, 1.807) is 17.2 Å². The quantitative estimate of drug-likeness (QED) is 0.753. The van der Waals surface area contributed by atoms with E-state index in [0.717, 1.165) is 11.4 Å². The predicted octanol–water partition coefficient (Wildman–Crippen LogP) is 0.157. The number of hydrogen-bond donors (Lipinski definition) is 1. The zero-order chi connectivity index (χ0) is 9.97. The van der Waals surface area contributed by atoms with Crippen LogP contribution in [-0.4, -0.2) is 24.4 Å². The Bertz CT molecular complexity index is 418. The summed E-state index contributed by atoms with van der Waals surface area (Å²) in [6, 6.07) is 1.95. The monoisotopic (exact) mass is 192 g/mol. The Labute approximate surface area is 81.6 Å². The molecule has 0 fully saturated rings. The second-order valence-electron chi connectivity index (χ2n) is 3.15. The lowest BCUT2D eigenvalue weighted by Gasteiger charge is -2.02. The summed E-state index contributed by atoms with van der Waals surface area (Å²) in [4.78, 5) is 3.96. The van der Waals surface area contributed by atoms with Crippen LogP contribution in [0.4, 0.5) is 0 Å². The number of aliphatic hydroxyl groups excluding tert-OH is 1. The van der Waals surface area contributed by atoms with Crippen molar-refractivity contribution in [2.24, 2.45) is 7.05 Å². The molecular formula is C9H12N4O. The molecule has 0 spiro atoms. The lowest BCUT2D eigenvalue weighted by Crippen LogP contribution is -2.04. The van der Waals surface area contributed by atoms with Gasteiger partial charge in [-0.2, -0.15) is 5.10 Å². The van der Waals surface area contributed by atoms with Gasteiger partial charge in [0.05, 0.1) is 37.1 Å². The van der Waals surface area contributed by atoms with E-state index in [4.69, 9.17) is 5.11 Å². The Balaban J connectivity index is 2.18. The van der Waals surface area contributed by atoms with Gasteiger partial charge < -0.3 is 9.67 Å². The van der Waals surface area contributed by atoms with Crippen LogP contribution in [0, 0.1) is 0 Å². The van der Waals surface area contributed by atoms with Crippen LogP contribution in [0.5, 0.6) is 0 Å². The Morgan fingerprint density at radius 3 is 3.00 bits per heavy atom. The highest BCUT2D eigenvalue weighted by Gasteiger charge is 2.02. The van der Waals surface area contributed by atoms with Gasteiger partial charge in [-0.1, -0.05) is 0 Å². The highest BCUT2D eigenvalue weighted by molar-refractivity contribution is 5.04. The molecule has 0 unspecified atom stereocenters. The van der Waals surface area contributed by atoms with Gasteiger partial charge in [-0.05, 0) is 6.07 Å². The SMILES string of the molecule is Cn1ccc(Cn2cncc2CO)n1. The molecule has 0 saturated carbocycles. The van der Waals surface area contributed by atoms with Crippen LogP contribution in [0.25, 0.3) is 0 Å². The standard InChI is InChI=1S/C9H12N4O/c1-12-3-2-8(11-12)5-13-7-10-4-9(13)6-14/h2-4,7,14H,5-6H2,1H3. The van der Waals surface area contributed by atoms with Crippen molar-refractivity contribution in [3.05, 3.63) is 36.2 Å². The molecule has 74 valence electrons. The first-order valence-electron chi connectivity index (χ1n) is 4.38. The molecule has 0 aliphatic carbocycles. The fourth-order valence-corrected chi connectivity index (χ4v) is 1.34. The molecule has 0 aromatic carbocycles. The van der Waals surface area contributed by atoms with Gasteiger partial charge in [0.1, 0.15) is 0 Å². The Hall–Kier alpha value is -1.62. The summed E-state index contributed by atoms with van der Waals surface area (Å²) in [5.41, 5.74) is 1.76. The molecule has 2 heterocycles. The van der Waals surface area contributed by atoms with Gasteiger partial charge in [0, 0.05) is 13.2 Å². The minimum absolute atomic E-state index is 0.00678. The van der Waals surface area contributed by atoms with E-state index >= 15 is 0 Å². The van der Waals surface area contributed by atoms with Crippen molar-refractivity contribution in [3.63, 3.8) is 0 Å². The van der Waals surface area contributed by atoms with Gasteiger partial charge in [-0.3, -0.25) is 4.68 Å². The molecule has 0 saturated heterocycles. The van der Waals surface area contributed by atoms with Gasteiger partial charge in [-0.25, -0.2) is 4.98 Å². The van der Waals surface area contributed by atoms with Crippen molar-refractivity contribution in [1.29, 1.82) is 0 Å². The molecule has 0 aliphatic rings. The zero-order valence-corrected chi connectivity index (χ0v) is 7.96. The van der Waals surface area contributed by atoms with Crippen molar-refractivity contribution >= 4 is 0 Å². The maximum atomic E-state index is 9.00. The molecule has 2 aromatic heterocycles. The van der Waals surface area contributed by atoms with Crippen LogP contribution < -0.4 is 0 Å². The van der Waals surface area contributed by atoms with Crippen molar-refractivity contribution in [1.82, 2.24) is 19.3 Å². The largest absolute Gasteiger partial charge is 0.390 e. The summed E-state index contributed by atoms with van der Waals surface area (Å²) in [6.07, 6.45) is 5.24. The lowest BCUT2D eigenvalue weighted by atomic mass is 10.4. The first-order chi connectivity index (χ1) is 6.79. The molecule has 2 aromatic rings. The smallest absolute Gasteiger partial charge is 0.0952 e. The van der Waals surface area contributed by atoms with Crippen LogP contribution in [-0.2, 0) is 20.2 Å². The van der Waals surface area contributed by atoms with Crippen molar-refractivity contribution < 1.29 is 5.11 Å². The number of aromatic nitrogens is 4. The first kappa shape index (κ1) is 8.96. The van der Waals surface area contributed by atoms with Crippen molar-refractivity contribution in [2.75, 3.05) is 0 Å². The van der Waals surface area contributed by atoms with E-state index in [0.29, 0.717) is 6.54 Å². The second-order valence-corrected chi connectivity index (χ2v) is 3.15. The molecule has 1 N–H and O–H groups in total. The number of hydrogen-bond acceptors (Lipinski definition) is 3. The average molecular weight is 192 g/mol. The molecule has 2 rings (SSSR count). The summed E-state index contributed by atoms with van der Waals surface area (Å²) in [5.74, 6) is 0. The van der Waals surface area contributed by atoms with Crippen LogP contribution in [0.2, 0.25) is 0 Å². The van der Waals surface area contributed by atoms with Crippen LogP contribution in [0.3, 0.4) is 0 Å². The predicted molar refractivity (Wildman–Crippen MR) is 50.5 cm³/mol. The minimum atomic E-state index is 0.00678. The van der Waals surface area contributed by atoms with Gasteiger partial charge in [0.25, 0.3) is 0 Å². The van der Waals surface area contributed by atoms with Gasteiger partial charge in [0.15, 0.2) is 0 Å². The number of aryl methyl sites for hydroxylation is 1. The highest BCUT2D eigenvalue weighted by atomic mass is 16.3. The zero-order valence-electron chi connectivity index (χ0n) is 7.96. The molecule has 5 nitrogen and oxygen atoms in total. The summed E-state index contributed by atoms with van der Waals surface area (Å²) >= 11 is 0. The maximum Gasteiger partial charge on any atom is 0.0952 e. The van der Waals surface area contributed by atoms with E-state index in [-0.39, 0.29) is 6.61 Å². The molecule has 0 amide bonds. The number of imidazole rings is 1. The van der Waals surface area contributed by atoms with Crippen LogP contribution in [0.1, 0.15) is 11.4 Å². The van der Waals surface area contributed by atoms with Crippen molar-refractivity contribution in [2.45, 2.75) is 13.2 Å². The fraction of sp³-hybridized carbons (Fsp3) is 0.333. The third kappa shape index (κ3) is 1.67. The summed E-state index contributed by atoms with van der Waals surface area (Å²) in [5, 5.41) is 13.3. The molecule has 0 aliphatic heterocycles. The number of rotatable bonds is 3.